The van der Waals surface area contributed by atoms with E-state index < -0.39 is 0 Å². The first kappa shape index (κ1) is 21.4. The Kier molecular flexibility index (Phi) is 8.16. The number of benzene rings is 2. The first-order chi connectivity index (χ1) is 14.1. The largest absolute Gasteiger partial charge is 0.497 e. The summed E-state index contributed by atoms with van der Waals surface area (Å²) in [7, 11) is 1.66. The zero-order chi connectivity index (χ0) is 20.5. The summed E-state index contributed by atoms with van der Waals surface area (Å²) in [5.74, 6) is 1.80. The normalized spacial score (nSPS) is 18.8. The number of quaternary nitrogens is 2. The fourth-order valence-electron chi connectivity index (χ4n) is 3.46. The van der Waals surface area contributed by atoms with E-state index >= 15 is 0 Å². The Labute approximate surface area is 177 Å². The highest BCUT2D eigenvalue weighted by atomic mass is 35.5. The second kappa shape index (κ2) is 11.0. The molecule has 3 N–H and O–H groups in total. The molecule has 1 saturated heterocycles. The topological polar surface area (TPSA) is 56.4 Å². The van der Waals surface area contributed by atoms with E-state index in [2.05, 4.69) is 5.32 Å². The summed E-state index contributed by atoms with van der Waals surface area (Å²) in [6.07, 6.45) is 0. The predicted octanol–water partition coefficient (Wildman–Crippen LogP) is -0.173. The van der Waals surface area contributed by atoms with E-state index in [-0.39, 0.29) is 5.91 Å². The minimum Gasteiger partial charge on any atom is -0.497 e. The zero-order valence-corrected chi connectivity index (χ0v) is 17.6. The Hall–Kier alpha value is -2.28. The van der Waals surface area contributed by atoms with E-state index in [1.807, 2.05) is 48.5 Å². The van der Waals surface area contributed by atoms with Crippen LogP contribution < -0.4 is 24.6 Å². The van der Waals surface area contributed by atoms with Crippen molar-refractivity contribution >= 4 is 17.5 Å². The van der Waals surface area contributed by atoms with Crippen LogP contribution in [0.25, 0.3) is 0 Å². The molecule has 1 fully saturated rings. The van der Waals surface area contributed by atoms with Crippen molar-refractivity contribution in [2.45, 2.75) is 6.54 Å². The van der Waals surface area contributed by atoms with Crippen LogP contribution >= 0.6 is 11.6 Å². The molecule has 0 spiro atoms. The van der Waals surface area contributed by atoms with Gasteiger partial charge < -0.3 is 24.6 Å². The van der Waals surface area contributed by atoms with Crippen molar-refractivity contribution < 1.29 is 24.1 Å². The molecule has 7 heteroatoms. The Balaban J connectivity index is 1.29. The maximum absolute atomic E-state index is 12.2. The fourth-order valence-corrected chi connectivity index (χ4v) is 3.59. The molecule has 0 aliphatic carbocycles. The predicted molar refractivity (Wildman–Crippen MR) is 113 cm³/mol. The smallest absolute Gasteiger partial charge is 0.275 e. The number of hydrogen-bond acceptors (Lipinski definition) is 3. The van der Waals surface area contributed by atoms with Gasteiger partial charge in [-0.3, -0.25) is 4.79 Å². The van der Waals surface area contributed by atoms with Crippen LogP contribution in [0, 0.1) is 0 Å². The van der Waals surface area contributed by atoms with Crippen molar-refractivity contribution in [2.24, 2.45) is 0 Å². The first-order valence-electron chi connectivity index (χ1n) is 10.1. The molecule has 1 amide bonds. The van der Waals surface area contributed by atoms with Gasteiger partial charge in [0.25, 0.3) is 5.91 Å². The van der Waals surface area contributed by atoms with Gasteiger partial charge >= 0.3 is 0 Å². The standard InChI is InChI=1S/C22H28ClN3O3/c1-28-20-6-8-21(9-7-20)29-15-14-25-10-12-26(13-11-25)17-22(27)24-16-18-2-4-19(23)5-3-18/h2-9H,10-17H2,1H3,(H,24,27)/p+2. The van der Waals surface area contributed by atoms with Crippen LogP contribution in [-0.2, 0) is 11.3 Å². The SMILES string of the molecule is COc1ccc(OCC[NH+]2CC[NH+](CC(=O)NCc3ccc(Cl)cc3)CC2)cc1. The van der Waals surface area contributed by atoms with Gasteiger partial charge in [0.15, 0.2) is 6.54 Å². The summed E-state index contributed by atoms with van der Waals surface area (Å²) in [6, 6.07) is 15.2. The Bertz CT molecular complexity index is 760. The van der Waals surface area contributed by atoms with Gasteiger partial charge in [-0.1, -0.05) is 23.7 Å². The number of carbonyl (C=O) groups excluding carboxylic acids is 1. The molecule has 0 unspecified atom stereocenters. The molecule has 0 saturated carbocycles. The number of ether oxygens (including phenoxy) is 2. The number of hydrogen-bond donors (Lipinski definition) is 3. The zero-order valence-electron chi connectivity index (χ0n) is 16.9. The number of rotatable bonds is 9. The van der Waals surface area contributed by atoms with Gasteiger partial charge in [-0.15, -0.1) is 0 Å². The number of piperazine rings is 1. The average Bonchev–Trinajstić information content (AvgIpc) is 2.75. The third-order valence-corrected chi connectivity index (χ3v) is 5.51. The summed E-state index contributed by atoms with van der Waals surface area (Å²) in [6.45, 7) is 6.88. The molecule has 156 valence electrons. The lowest BCUT2D eigenvalue weighted by Gasteiger charge is -2.29. The first-order valence-corrected chi connectivity index (χ1v) is 10.5. The summed E-state index contributed by atoms with van der Waals surface area (Å²) in [5.41, 5.74) is 1.06. The third-order valence-electron chi connectivity index (χ3n) is 5.26. The second-order valence-electron chi connectivity index (χ2n) is 7.35. The molecule has 2 aromatic rings. The van der Waals surface area contributed by atoms with Crippen molar-refractivity contribution in [3.8, 4) is 11.5 Å². The molecule has 0 radical (unpaired) electrons. The van der Waals surface area contributed by atoms with Crippen molar-refractivity contribution in [2.75, 3.05) is 53.0 Å². The molecule has 2 aromatic carbocycles. The van der Waals surface area contributed by atoms with Crippen molar-refractivity contribution in [3.63, 3.8) is 0 Å². The molecular weight excluding hydrogens is 390 g/mol. The minimum atomic E-state index is 0.0984. The van der Waals surface area contributed by atoms with E-state index in [0.717, 1.165) is 49.8 Å². The molecule has 0 aromatic heterocycles. The second-order valence-corrected chi connectivity index (χ2v) is 7.79. The van der Waals surface area contributed by atoms with Crippen LogP contribution in [0.3, 0.4) is 0 Å². The van der Waals surface area contributed by atoms with Gasteiger partial charge in [0.2, 0.25) is 0 Å². The van der Waals surface area contributed by atoms with Crippen LogP contribution in [0.5, 0.6) is 11.5 Å². The molecule has 0 atom stereocenters. The van der Waals surface area contributed by atoms with Crippen LogP contribution in [0.4, 0.5) is 0 Å². The van der Waals surface area contributed by atoms with Gasteiger partial charge in [-0.05, 0) is 42.0 Å². The summed E-state index contributed by atoms with van der Waals surface area (Å²) in [5, 5.41) is 3.71. The quantitative estimate of drug-likeness (QED) is 0.529. The van der Waals surface area contributed by atoms with Crippen LogP contribution in [0.1, 0.15) is 5.56 Å². The third kappa shape index (κ3) is 7.24. The highest BCUT2D eigenvalue weighted by molar-refractivity contribution is 6.30. The summed E-state index contributed by atoms with van der Waals surface area (Å²) < 4.78 is 11.0. The van der Waals surface area contributed by atoms with E-state index in [1.165, 1.54) is 9.80 Å². The molecule has 1 aliphatic rings. The number of methoxy groups -OCH3 is 1. The minimum absolute atomic E-state index is 0.0984. The van der Waals surface area contributed by atoms with E-state index in [0.29, 0.717) is 24.7 Å². The van der Waals surface area contributed by atoms with E-state index in [9.17, 15) is 4.79 Å². The van der Waals surface area contributed by atoms with Crippen LogP contribution in [-0.4, -0.2) is 58.9 Å². The lowest BCUT2D eigenvalue weighted by Crippen LogP contribution is -3.28. The molecule has 3 rings (SSSR count). The number of nitrogens with one attached hydrogen (secondary N) is 3. The maximum Gasteiger partial charge on any atom is 0.275 e. The van der Waals surface area contributed by atoms with Gasteiger partial charge in [-0.2, -0.15) is 0 Å². The molecule has 0 bridgehead atoms. The number of amides is 1. The summed E-state index contributed by atoms with van der Waals surface area (Å²) in [4.78, 5) is 15.1. The monoisotopic (exact) mass is 419 g/mol. The van der Waals surface area contributed by atoms with E-state index in [4.69, 9.17) is 21.1 Å². The molecule has 1 heterocycles. The van der Waals surface area contributed by atoms with Crippen molar-refractivity contribution in [1.29, 1.82) is 0 Å². The van der Waals surface area contributed by atoms with E-state index in [1.54, 1.807) is 7.11 Å². The van der Waals surface area contributed by atoms with Crippen LogP contribution in [0.15, 0.2) is 48.5 Å². The molecule has 1 aliphatic heterocycles. The Morgan fingerprint density at radius 1 is 0.966 bits per heavy atom. The highest BCUT2D eigenvalue weighted by Gasteiger charge is 2.24. The van der Waals surface area contributed by atoms with Crippen LogP contribution in [0.2, 0.25) is 5.02 Å². The average molecular weight is 420 g/mol. The van der Waals surface area contributed by atoms with Gasteiger partial charge in [0, 0.05) is 11.6 Å². The van der Waals surface area contributed by atoms with Gasteiger partial charge in [0.1, 0.15) is 50.8 Å². The Morgan fingerprint density at radius 3 is 2.24 bits per heavy atom. The lowest BCUT2D eigenvalue weighted by atomic mass is 10.2. The molecule has 6 nitrogen and oxygen atoms in total. The number of carbonyl (C=O) groups is 1. The molecular formula is C22H30ClN3O3+2. The molecule has 29 heavy (non-hydrogen) atoms. The lowest BCUT2D eigenvalue weighted by molar-refractivity contribution is -1.01. The number of halogens is 1. The van der Waals surface area contributed by atoms with Gasteiger partial charge in [-0.25, -0.2) is 0 Å². The Morgan fingerprint density at radius 2 is 1.59 bits per heavy atom. The highest BCUT2D eigenvalue weighted by Crippen LogP contribution is 2.16. The summed E-state index contributed by atoms with van der Waals surface area (Å²) >= 11 is 5.88. The van der Waals surface area contributed by atoms with Crippen molar-refractivity contribution in [1.82, 2.24) is 5.32 Å². The van der Waals surface area contributed by atoms with Gasteiger partial charge in [0.05, 0.1) is 7.11 Å². The fraction of sp³-hybridized carbons (Fsp3) is 0.409. The van der Waals surface area contributed by atoms with Crippen molar-refractivity contribution in [3.05, 3.63) is 59.1 Å². The maximum atomic E-state index is 12.2.